The van der Waals surface area contributed by atoms with Crippen LogP contribution in [0.25, 0.3) is 22.7 Å². The molecule has 1 heterocycles. The first-order valence-electron chi connectivity index (χ1n) is 7.57. The van der Waals surface area contributed by atoms with Crippen LogP contribution in [-0.2, 0) is 12.8 Å². The van der Waals surface area contributed by atoms with E-state index in [0.717, 1.165) is 29.7 Å². The summed E-state index contributed by atoms with van der Waals surface area (Å²) in [6.45, 7) is 4.32. The van der Waals surface area contributed by atoms with Gasteiger partial charge in [0.05, 0.1) is 0 Å². The zero-order chi connectivity index (χ0) is 15.5. The molecule has 3 rings (SSSR count). The van der Waals surface area contributed by atoms with Crippen LogP contribution in [0.15, 0.2) is 57.6 Å². The largest absolute Gasteiger partial charge is 0.429 e. The number of aromatic nitrogens is 1. The van der Waals surface area contributed by atoms with E-state index in [1.54, 1.807) is 0 Å². The van der Waals surface area contributed by atoms with Crippen LogP contribution in [0, 0.1) is 0 Å². The Morgan fingerprint density at radius 2 is 1.55 bits per heavy atom. The fraction of sp³-hybridized carbons (Fsp3) is 0.211. The summed E-state index contributed by atoms with van der Waals surface area (Å²) in [5, 5.41) is 0. The van der Waals surface area contributed by atoms with Gasteiger partial charge in [-0.2, -0.15) is 0 Å². The molecule has 0 fully saturated rings. The van der Waals surface area contributed by atoms with Crippen molar-refractivity contribution in [1.82, 2.24) is 4.98 Å². The second kappa shape index (κ2) is 6.49. The van der Waals surface area contributed by atoms with Gasteiger partial charge in [-0.25, -0.2) is 4.98 Å². The van der Waals surface area contributed by atoms with Gasteiger partial charge in [-0.15, -0.1) is 0 Å². The molecule has 112 valence electrons. The Bertz CT molecular complexity index is 755. The summed E-state index contributed by atoms with van der Waals surface area (Å²) in [5.41, 5.74) is 5.58. The molecule has 0 saturated heterocycles. The zero-order valence-electron chi connectivity index (χ0n) is 12.8. The number of oxazole rings is 1. The van der Waals surface area contributed by atoms with Crippen LogP contribution < -0.4 is 0 Å². The van der Waals surface area contributed by atoms with E-state index in [9.17, 15) is 0 Å². The molecule has 0 aliphatic heterocycles. The van der Waals surface area contributed by atoms with Crippen molar-refractivity contribution in [1.29, 1.82) is 0 Å². The van der Waals surface area contributed by atoms with Crippen LogP contribution in [0.4, 0.5) is 0 Å². The molecule has 3 aromatic rings. The SMILES string of the molecule is CCc1cccc(CC)c1-c1nc(-c2ccccc2)c(Br)o1. The molecule has 2 aromatic carbocycles. The molecule has 0 unspecified atom stereocenters. The fourth-order valence-electron chi connectivity index (χ4n) is 2.70. The Kier molecular flexibility index (Phi) is 4.44. The summed E-state index contributed by atoms with van der Waals surface area (Å²) in [5.74, 6) is 0.694. The van der Waals surface area contributed by atoms with E-state index in [2.05, 4.69) is 48.0 Å². The predicted molar refractivity (Wildman–Crippen MR) is 93.8 cm³/mol. The number of benzene rings is 2. The third-order valence-corrected chi connectivity index (χ3v) is 4.38. The molecular formula is C19H18BrNO. The minimum Gasteiger partial charge on any atom is -0.429 e. The predicted octanol–water partition coefficient (Wildman–Crippen LogP) is 5.90. The van der Waals surface area contributed by atoms with Crippen molar-refractivity contribution < 1.29 is 4.42 Å². The monoisotopic (exact) mass is 355 g/mol. The van der Waals surface area contributed by atoms with Gasteiger partial charge < -0.3 is 4.42 Å². The second-order valence-electron chi connectivity index (χ2n) is 5.17. The molecular weight excluding hydrogens is 338 g/mol. The van der Waals surface area contributed by atoms with E-state index in [1.165, 1.54) is 11.1 Å². The number of aryl methyl sites for hydroxylation is 2. The van der Waals surface area contributed by atoms with Gasteiger partial charge in [0.2, 0.25) is 5.89 Å². The molecule has 3 heteroatoms. The first-order valence-corrected chi connectivity index (χ1v) is 8.36. The third kappa shape index (κ3) is 2.73. The minimum absolute atomic E-state index is 0.682. The molecule has 0 amide bonds. The van der Waals surface area contributed by atoms with Gasteiger partial charge in [0.15, 0.2) is 4.67 Å². The summed E-state index contributed by atoms with van der Waals surface area (Å²) in [4.78, 5) is 4.75. The van der Waals surface area contributed by atoms with Crippen LogP contribution in [0.2, 0.25) is 0 Å². The zero-order valence-corrected chi connectivity index (χ0v) is 14.4. The van der Waals surface area contributed by atoms with Crippen molar-refractivity contribution in [3.05, 3.63) is 64.3 Å². The molecule has 22 heavy (non-hydrogen) atoms. The van der Waals surface area contributed by atoms with Crippen molar-refractivity contribution in [2.75, 3.05) is 0 Å². The van der Waals surface area contributed by atoms with Crippen molar-refractivity contribution in [2.24, 2.45) is 0 Å². The van der Waals surface area contributed by atoms with E-state index in [-0.39, 0.29) is 0 Å². The van der Waals surface area contributed by atoms with E-state index in [1.807, 2.05) is 30.3 Å². The first-order chi connectivity index (χ1) is 10.7. The fourth-order valence-corrected chi connectivity index (χ4v) is 3.17. The number of hydrogen-bond acceptors (Lipinski definition) is 2. The van der Waals surface area contributed by atoms with Crippen LogP contribution in [0.1, 0.15) is 25.0 Å². The highest BCUT2D eigenvalue weighted by Gasteiger charge is 2.18. The molecule has 0 atom stereocenters. The summed E-state index contributed by atoms with van der Waals surface area (Å²) in [7, 11) is 0. The standard InChI is InChI=1S/C19H18BrNO/c1-3-13-11-8-12-14(4-2)16(13)19-21-17(18(20)22-19)15-9-6-5-7-10-15/h5-12H,3-4H2,1-2H3. The topological polar surface area (TPSA) is 26.0 Å². The Labute approximate surface area is 139 Å². The number of halogens is 1. The molecule has 0 spiro atoms. The Morgan fingerprint density at radius 3 is 2.14 bits per heavy atom. The average molecular weight is 356 g/mol. The maximum absolute atomic E-state index is 5.95. The third-order valence-electron chi connectivity index (χ3n) is 3.85. The van der Waals surface area contributed by atoms with Crippen LogP contribution in [0.3, 0.4) is 0 Å². The Balaban J connectivity index is 2.15. The lowest BCUT2D eigenvalue weighted by molar-refractivity contribution is 0.548. The molecule has 0 aliphatic carbocycles. The van der Waals surface area contributed by atoms with Crippen LogP contribution in [0.5, 0.6) is 0 Å². The highest BCUT2D eigenvalue weighted by molar-refractivity contribution is 9.10. The lowest BCUT2D eigenvalue weighted by Gasteiger charge is -2.09. The van der Waals surface area contributed by atoms with Crippen molar-refractivity contribution in [3.63, 3.8) is 0 Å². The van der Waals surface area contributed by atoms with Gasteiger partial charge in [0.25, 0.3) is 0 Å². The van der Waals surface area contributed by atoms with Gasteiger partial charge in [-0.3, -0.25) is 0 Å². The molecule has 0 radical (unpaired) electrons. The Hall–Kier alpha value is -1.87. The summed E-state index contributed by atoms with van der Waals surface area (Å²) < 4.78 is 6.63. The second-order valence-corrected chi connectivity index (χ2v) is 5.89. The smallest absolute Gasteiger partial charge is 0.228 e. The van der Waals surface area contributed by atoms with E-state index in [0.29, 0.717) is 10.6 Å². The molecule has 0 aliphatic rings. The maximum atomic E-state index is 5.95. The lowest BCUT2D eigenvalue weighted by atomic mass is 9.97. The highest BCUT2D eigenvalue weighted by atomic mass is 79.9. The van der Waals surface area contributed by atoms with Gasteiger partial charge in [-0.1, -0.05) is 62.4 Å². The molecule has 1 aromatic heterocycles. The van der Waals surface area contributed by atoms with E-state index >= 15 is 0 Å². The summed E-state index contributed by atoms with van der Waals surface area (Å²) in [6, 6.07) is 16.5. The van der Waals surface area contributed by atoms with Gasteiger partial charge in [0.1, 0.15) is 5.69 Å². The quantitative estimate of drug-likeness (QED) is 0.582. The first kappa shape index (κ1) is 15.0. The van der Waals surface area contributed by atoms with Gasteiger partial charge in [-0.05, 0) is 39.9 Å². The average Bonchev–Trinajstić information content (AvgIpc) is 2.96. The number of hydrogen-bond donors (Lipinski definition) is 0. The van der Waals surface area contributed by atoms with Gasteiger partial charge in [0, 0.05) is 11.1 Å². The van der Waals surface area contributed by atoms with E-state index < -0.39 is 0 Å². The van der Waals surface area contributed by atoms with E-state index in [4.69, 9.17) is 9.40 Å². The van der Waals surface area contributed by atoms with Gasteiger partial charge >= 0.3 is 0 Å². The molecule has 0 N–H and O–H groups in total. The van der Waals surface area contributed by atoms with Crippen molar-refractivity contribution in [3.8, 4) is 22.7 Å². The normalized spacial score (nSPS) is 10.9. The summed E-state index contributed by atoms with van der Waals surface area (Å²) >= 11 is 3.51. The number of rotatable bonds is 4. The van der Waals surface area contributed by atoms with Crippen molar-refractivity contribution in [2.45, 2.75) is 26.7 Å². The van der Waals surface area contributed by atoms with Crippen LogP contribution >= 0.6 is 15.9 Å². The summed E-state index contributed by atoms with van der Waals surface area (Å²) in [6.07, 6.45) is 1.92. The number of nitrogens with zero attached hydrogens (tertiary/aromatic N) is 1. The minimum atomic E-state index is 0.682. The molecule has 0 bridgehead atoms. The maximum Gasteiger partial charge on any atom is 0.228 e. The van der Waals surface area contributed by atoms with Crippen LogP contribution in [-0.4, -0.2) is 4.98 Å². The highest BCUT2D eigenvalue weighted by Crippen LogP contribution is 2.35. The Morgan fingerprint density at radius 1 is 0.909 bits per heavy atom. The van der Waals surface area contributed by atoms with Crippen molar-refractivity contribution >= 4 is 15.9 Å². The molecule has 0 saturated carbocycles. The molecule has 2 nitrogen and oxygen atoms in total. The lowest BCUT2D eigenvalue weighted by Crippen LogP contribution is -1.94.